The summed E-state index contributed by atoms with van der Waals surface area (Å²) in [7, 11) is 1.90. The zero-order valence-electron chi connectivity index (χ0n) is 7.83. The van der Waals surface area contributed by atoms with Gasteiger partial charge >= 0.3 is 0 Å². The summed E-state index contributed by atoms with van der Waals surface area (Å²) in [6.07, 6.45) is 2.72. The van der Waals surface area contributed by atoms with Crippen molar-refractivity contribution in [2.24, 2.45) is 0 Å². The van der Waals surface area contributed by atoms with Crippen LogP contribution in [0.3, 0.4) is 0 Å². The van der Waals surface area contributed by atoms with Crippen molar-refractivity contribution in [3.63, 3.8) is 0 Å². The van der Waals surface area contributed by atoms with E-state index in [1.54, 1.807) is 0 Å². The van der Waals surface area contributed by atoms with Crippen LogP contribution in [0.2, 0.25) is 5.02 Å². The molecule has 0 N–H and O–H groups in total. The number of carbonyl (C=O) groups excluding carboxylic acids is 1. The quantitative estimate of drug-likeness (QED) is 0.659. The molecule has 0 radical (unpaired) electrons. The lowest BCUT2D eigenvalue weighted by atomic mass is 10.0. The molecule has 0 aromatic heterocycles. The second kappa shape index (κ2) is 3.46. The lowest BCUT2D eigenvalue weighted by molar-refractivity contribution is -0.106. The van der Waals surface area contributed by atoms with Gasteiger partial charge in [0.2, 0.25) is 0 Å². The molecule has 1 aliphatic heterocycles. The van der Waals surface area contributed by atoms with Gasteiger partial charge in [0.1, 0.15) is 0 Å². The molecule has 14 heavy (non-hydrogen) atoms. The van der Waals surface area contributed by atoms with E-state index in [1.165, 1.54) is 5.56 Å². The van der Waals surface area contributed by atoms with Crippen molar-refractivity contribution in [1.29, 1.82) is 0 Å². The summed E-state index contributed by atoms with van der Waals surface area (Å²) in [4.78, 5) is 12.6. The Morgan fingerprint density at radius 2 is 2.29 bits per heavy atom. The SMILES string of the molecule is CN1Cc2ccc(Cl)cc2C=C1C=O. The number of likely N-dealkylation sites (N-methyl/N-ethyl adjacent to an activating group) is 1. The van der Waals surface area contributed by atoms with Crippen molar-refractivity contribution in [2.45, 2.75) is 6.54 Å². The van der Waals surface area contributed by atoms with Gasteiger partial charge in [-0.05, 0) is 29.3 Å². The van der Waals surface area contributed by atoms with Gasteiger partial charge in [-0.25, -0.2) is 0 Å². The Bertz CT molecular complexity index is 412. The molecule has 3 heteroatoms. The maximum absolute atomic E-state index is 10.7. The molecule has 0 spiro atoms. The number of rotatable bonds is 1. The highest BCUT2D eigenvalue weighted by atomic mass is 35.5. The van der Waals surface area contributed by atoms with Gasteiger partial charge in [0.05, 0.1) is 5.70 Å². The van der Waals surface area contributed by atoms with E-state index in [1.807, 2.05) is 36.2 Å². The number of nitrogens with zero attached hydrogens (tertiary/aromatic N) is 1. The molecule has 2 nitrogen and oxygen atoms in total. The molecular formula is C11H10ClNO. The van der Waals surface area contributed by atoms with E-state index in [0.29, 0.717) is 10.7 Å². The van der Waals surface area contributed by atoms with Gasteiger partial charge < -0.3 is 4.90 Å². The van der Waals surface area contributed by atoms with Gasteiger partial charge in [-0.3, -0.25) is 4.79 Å². The van der Waals surface area contributed by atoms with Crippen LogP contribution in [0.1, 0.15) is 11.1 Å². The average Bonchev–Trinajstić information content (AvgIpc) is 2.17. The van der Waals surface area contributed by atoms with E-state index in [-0.39, 0.29) is 0 Å². The molecule has 0 aliphatic carbocycles. The Balaban J connectivity index is 2.51. The zero-order valence-corrected chi connectivity index (χ0v) is 8.58. The Kier molecular flexibility index (Phi) is 2.30. The van der Waals surface area contributed by atoms with E-state index in [0.717, 1.165) is 18.4 Å². The van der Waals surface area contributed by atoms with Crippen molar-refractivity contribution in [3.05, 3.63) is 40.0 Å². The first-order chi connectivity index (χ1) is 6.70. The highest BCUT2D eigenvalue weighted by molar-refractivity contribution is 6.30. The second-order valence-electron chi connectivity index (χ2n) is 3.39. The van der Waals surface area contributed by atoms with Gasteiger partial charge in [-0.2, -0.15) is 0 Å². The predicted octanol–water partition coefficient (Wildman–Crippen LogP) is 2.33. The molecule has 0 saturated carbocycles. The number of benzene rings is 1. The molecular weight excluding hydrogens is 198 g/mol. The Hall–Kier alpha value is -1.28. The number of hydrogen-bond acceptors (Lipinski definition) is 2. The standard InChI is InChI=1S/C11H10ClNO/c1-13-6-8-2-3-10(12)4-9(8)5-11(13)7-14/h2-5,7H,6H2,1H3. The fourth-order valence-corrected chi connectivity index (χ4v) is 1.77. The van der Waals surface area contributed by atoms with E-state index >= 15 is 0 Å². The molecule has 0 unspecified atom stereocenters. The van der Waals surface area contributed by atoms with E-state index < -0.39 is 0 Å². The normalized spacial score (nSPS) is 14.7. The van der Waals surface area contributed by atoms with Gasteiger partial charge in [0.25, 0.3) is 0 Å². The minimum atomic E-state index is 0.694. The molecule has 72 valence electrons. The lowest BCUT2D eigenvalue weighted by Crippen LogP contribution is -2.21. The van der Waals surface area contributed by atoms with Gasteiger partial charge in [-0.1, -0.05) is 17.7 Å². The number of aldehydes is 1. The van der Waals surface area contributed by atoms with E-state index in [4.69, 9.17) is 11.6 Å². The maximum Gasteiger partial charge on any atom is 0.166 e. The monoisotopic (exact) mass is 207 g/mol. The summed E-state index contributed by atoms with van der Waals surface area (Å²) in [6, 6.07) is 5.74. The summed E-state index contributed by atoms with van der Waals surface area (Å²) in [5, 5.41) is 0.704. The first kappa shape index (κ1) is 9.28. The van der Waals surface area contributed by atoms with Gasteiger partial charge in [0.15, 0.2) is 6.29 Å². The summed E-state index contributed by atoms with van der Waals surface area (Å²) in [6.45, 7) is 0.761. The van der Waals surface area contributed by atoms with Gasteiger partial charge in [-0.15, -0.1) is 0 Å². The van der Waals surface area contributed by atoms with Crippen LogP contribution in [0.4, 0.5) is 0 Å². The number of halogens is 1. The fraction of sp³-hybridized carbons (Fsp3) is 0.182. The molecule has 0 saturated heterocycles. The third-order valence-electron chi connectivity index (χ3n) is 2.38. The summed E-state index contributed by atoms with van der Waals surface area (Å²) in [5.74, 6) is 0. The third-order valence-corrected chi connectivity index (χ3v) is 2.62. The summed E-state index contributed by atoms with van der Waals surface area (Å²) >= 11 is 5.87. The second-order valence-corrected chi connectivity index (χ2v) is 3.82. The smallest absolute Gasteiger partial charge is 0.166 e. The minimum Gasteiger partial charge on any atom is -0.368 e. The Morgan fingerprint density at radius 3 is 3.00 bits per heavy atom. The maximum atomic E-state index is 10.7. The number of fused-ring (bicyclic) bond motifs is 1. The number of hydrogen-bond donors (Lipinski definition) is 0. The van der Waals surface area contributed by atoms with Crippen LogP contribution in [-0.2, 0) is 11.3 Å². The molecule has 0 bridgehead atoms. The molecule has 1 aromatic rings. The Morgan fingerprint density at radius 1 is 1.50 bits per heavy atom. The highest BCUT2D eigenvalue weighted by Crippen LogP contribution is 2.25. The van der Waals surface area contributed by atoms with Crippen molar-refractivity contribution >= 4 is 24.0 Å². The predicted molar refractivity (Wildman–Crippen MR) is 57.0 cm³/mol. The highest BCUT2D eigenvalue weighted by Gasteiger charge is 2.13. The van der Waals surface area contributed by atoms with Crippen LogP contribution < -0.4 is 0 Å². The first-order valence-corrected chi connectivity index (χ1v) is 4.75. The fourth-order valence-electron chi connectivity index (χ4n) is 1.58. The zero-order chi connectivity index (χ0) is 10.1. The largest absolute Gasteiger partial charge is 0.368 e. The first-order valence-electron chi connectivity index (χ1n) is 4.37. The van der Waals surface area contributed by atoms with Crippen molar-refractivity contribution in [1.82, 2.24) is 4.90 Å². The molecule has 2 rings (SSSR count). The molecule has 1 aliphatic rings. The summed E-state index contributed by atoms with van der Waals surface area (Å²) < 4.78 is 0. The van der Waals surface area contributed by atoms with Crippen LogP contribution in [0.25, 0.3) is 6.08 Å². The minimum absolute atomic E-state index is 0.694. The lowest BCUT2D eigenvalue weighted by Gasteiger charge is -2.24. The van der Waals surface area contributed by atoms with Crippen molar-refractivity contribution in [3.8, 4) is 0 Å². The Labute approximate surface area is 87.8 Å². The average molecular weight is 208 g/mol. The molecule has 1 aromatic carbocycles. The van der Waals surface area contributed by atoms with Gasteiger partial charge in [0, 0.05) is 18.6 Å². The van der Waals surface area contributed by atoms with Crippen LogP contribution in [0.15, 0.2) is 23.9 Å². The summed E-state index contributed by atoms with van der Waals surface area (Å²) in [5.41, 5.74) is 2.93. The topological polar surface area (TPSA) is 20.3 Å². The molecule has 1 heterocycles. The molecule has 0 atom stereocenters. The third kappa shape index (κ3) is 1.53. The van der Waals surface area contributed by atoms with Crippen LogP contribution >= 0.6 is 11.6 Å². The van der Waals surface area contributed by atoms with E-state index in [2.05, 4.69) is 0 Å². The van der Waals surface area contributed by atoms with Crippen molar-refractivity contribution in [2.75, 3.05) is 7.05 Å². The van der Waals surface area contributed by atoms with Crippen molar-refractivity contribution < 1.29 is 4.79 Å². The molecule has 0 fully saturated rings. The van der Waals surface area contributed by atoms with E-state index in [9.17, 15) is 4.79 Å². The van der Waals surface area contributed by atoms with Crippen LogP contribution in [-0.4, -0.2) is 18.2 Å². The molecule has 0 amide bonds. The number of carbonyl (C=O) groups is 1. The number of allylic oxidation sites excluding steroid dienone is 1. The van der Waals surface area contributed by atoms with Crippen LogP contribution in [0.5, 0.6) is 0 Å². The van der Waals surface area contributed by atoms with Crippen LogP contribution in [0, 0.1) is 0 Å².